The number of halogens is 5. The summed E-state index contributed by atoms with van der Waals surface area (Å²) >= 11 is 9.25. The molecule has 36 heavy (non-hydrogen) atoms. The molecule has 0 aromatic heterocycles. The van der Waals surface area contributed by atoms with Gasteiger partial charge in [0, 0.05) is 9.50 Å². The van der Waals surface area contributed by atoms with E-state index >= 15 is 0 Å². The molecule has 1 aliphatic heterocycles. The Kier molecular flexibility index (Phi) is 7.24. The lowest BCUT2D eigenvalue weighted by Gasteiger charge is -2.28. The monoisotopic (exact) mass is 577 g/mol. The van der Waals surface area contributed by atoms with Crippen LogP contribution in [-0.2, 0) is 15.0 Å². The summed E-state index contributed by atoms with van der Waals surface area (Å²) < 4.78 is 40.8. The number of hydrogen-bond acceptors (Lipinski definition) is 4. The van der Waals surface area contributed by atoms with Crippen molar-refractivity contribution < 1.29 is 22.8 Å². The van der Waals surface area contributed by atoms with Crippen LogP contribution in [0.4, 0.5) is 18.9 Å². The fourth-order valence-electron chi connectivity index (χ4n) is 4.15. The van der Waals surface area contributed by atoms with E-state index in [1.807, 2.05) is 37.3 Å². The summed E-state index contributed by atoms with van der Waals surface area (Å²) in [5.41, 5.74) is 1.46. The molecule has 3 aromatic carbocycles. The summed E-state index contributed by atoms with van der Waals surface area (Å²) in [7, 11) is 0. The van der Waals surface area contributed by atoms with Crippen molar-refractivity contribution in [1.29, 1.82) is 0 Å². The number of benzene rings is 3. The third-order valence-electron chi connectivity index (χ3n) is 5.89. The summed E-state index contributed by atoms with van der Waals surface area (Å²) in [6.45, 7) is 1.64. The zero-order chi connectivity index (χ0) is 26.1. The topological polar surface area (TPSA) is 53.0 Å². The predicted molar refractivity (Wildman–Crippen MR) is 136 cm³/mol. The summed E-state index contributed by atoms with van der Waals surface area (Å²) in [5, 5.41) is 6.57. The van der Waals surface area contributed by atoms with Gasteiger partial charge < -0.3 is 0 Å². The predicted octanol–water partition coefficient (Wildman–Crippen LogP) is 6.20. The van der Waals surface area contributed by atoms with E-state index in [0.717, 1.165) is 11.1 Å². The number of anilines is 1. The average Bonchev–Trinajstić information content (AvgIpc) is 3.18. The van der Waals surface area contributed by atoms with Gasteiger partial charge in [-0.2, -0.15) is 18.3 Å². The molecular formula is C26H20BrClF3N3O2. The molecule has 0 saturated heterocycles. The smallest absolute Gasteiger partial charge is 0.286 e. The molecule has 10 heteroatoms. The van der Waals surface area contributed by atoms with Gasteiger partial charge in [0.05, 0.1) is 23.4 Å². The van der Waals surface area contributed by atoms with Crippen LogP contribution in [0, 0.1) is 0 Å². The Balaban J connectivity index is 1.69. The fourth-order valence-corrected chi connectivity index (χ4v) is 4.54. The standard InChI is InChI=1S/C26H20BrClF3N3O2/c1-25(18-5-3-2-4-6-18)16-33(32-23(25)17-7-11-20(28)12-8-17)15-22(35)34(24(36)26(29,30)31)21-13-9-19(27)10-14-21/h2-14H,15-16H2,1H3. The van der Waals surface area contributed by atoms with Crippen molar-refractivity contribution >= 4 is 50.7 Å². The number of alkyl halides is 3. The molecule has 0 fully saturated rings. The summed E-state index contributed by atoms with van der Waals surface area (Å²) in [5.74, 6) is -3.31. The maximum absolute atomic E-state index is 13.4. The highest BCUT2D eigenvalue weighted by Crippen LogP contribution is 2.35. The molecule has 0 N–H and O–H groups in total. The van der Waals surface area contributed by atoms with Crippen LogP contribution in [0.2, 0.25) is 5.02 Å². The van der Waals surface area contributed by atoms with Crippen molar-refractivity contribution in [1.82, 2.24) is 5.01 Å². The molecule has 1 unspecified atom stereocenters. The first-order valence-corrected chi connectivity index (χ1v) is 12.0. The van der Waals surface area contributed by atoms with Crippen LogP contribution in [0.25, 0.3) is 0 Å². The lowest BCUT2D eigenvalue weighted by Crippen LogP contribution is -2.48. The van der Waals surface area contributed by atoms with Crippen molar-refractivity contribution in [2.75, 3.05) is 18.0 Å². The van der Waals surface area contributed by atoms with Gasteiger partial charge in [-0.3, -0.25) is 14.6 Å². The van der Waals surface area contributed by atoms with E-state index in [2.05, 4.69) is 21.0 Å². The molecule has 186 valence electrons. The first kappa shape index (κ1) is 25.9. The molecule has 0 aliphatic carbocycles. The van der Waals surface area contributed by atoms with E-state index in [1.165, 1.54) is 29.3 Å². The SMILES string of the molecule is CC1(c2ccccc2)CN(CC(=O)N(C(=O)C(F)(F)F)c2ccc(Br)cc2)N=C1c1ccc(Cl)cc1. The Morgan fingerprint density at radius 2 is 1.64 bits per heavy atom. The van der Waals surface area contributed by atoms with Gasteiger partial charge in [-0.15, -0.1) is 0 Å². The number of hydrogen-bond donors (Lipinski definition) is 0. The summed E-state index contributed by atoms with van der Waals surface area (Å²) in [6, 6.07) is 22.0. The van der Waals surface area contributed by atoms with Crippen LogP contribution in [0.1, 0.15) is 18.1 Å². The number of amides is 2. The molecule has 3 aromatic rings. The maximum atomic E-state index is 13.4. The number of carbonyl (C=O) groups is 2. The third kappa shape index (κ3) is 5.32. The number of imide groups is 1. The lowest BCUT2D eigenvalue weighted by atomic mass is 9.76. The van der Waals surface area contributed by atoms with Crippen LogP contribution in [0.15, 0.2) is 88.4 Å². The van der Waals surface area contributed by atoms with Gasteiger partial charge in [0.2, 0.25) is 0 Å². The number of carbonyl (C=O) groups excluding carboxylic acids is 2. The summed E-state index contributed by atoms with van der Waals surface area (Å²) in [4.78, 5) is 25.6. The Hall–Kier alpha value is -3.17. The normalized spacial score (nSPS) is 17.6. The van der Waals surface area contributed by atoms with Gasteiger partial charge in [0.15, 0.2) is 0 Å². The highest BCUT2D eigenvalue weighted by molar-refractivity contribution is 9.10. The molecule has 0 spiro atoms. The van der Waals surface area contributed by atoms with Gasteiger partial charge in [0.25, 0.3) is 5.91 Å². The molecule has 1 aliphatic rings. The highest BCUT2D eigenvalue weighted by atomic mass is 79.9. The lowest BCUT2D eigenvalue weighted by molar-refractivity contribution is -0.171. The second kappa shape index (κ2) is 10.1. The van der Waals surface area contributed by atoms with E-state index < -0.39 is 30.0 Å². The van der Waals surface area contributed by atoms with Crippen LogP contribution < -0.4 is 4.90 Å². The van der Waals surface area contributed by atoms with Crippen LogP contribution in [-0.4, -0.2) is 41.8 Å². The molecule has 5 nitrogen and oxygen atoms in total. The number of nitrogens with zero attached hydrogens (tertiary/aromatic N) is 3. The molecule has 1 atom stereocenters. The zero-order valence-electron chi connectivity index (χ0n) is 19.0. The third-order valence-corrected chi connectivity index (χ3v) is 6.67. The van der Waals surface area contributed by atoms with E-state index in [-0.39, 0.29) is 17.1 Å². The molecule has 2 amide bonds. The van der Waals surface area contributed by atoms with Gasteiger partial charge in [-0.25, -0.2) is 4.90 Å². The Bertz CT molecular complexity index is 1300. The molecule has 0 saturated carbocycles. The molecular weight excluding hydrogens is 559 g/mol. The minimum Gasteiger partial charge on any atom is -0.286 e. The summed E-state index contributed by atoms with van der Waals surface area (Å²) in [6.07, 6.45) is -5.23. The largest absolute Gasteiger partial charge is 0.472 e. The molecule has 4 rings (SSSR count). The number of rotatable bonds is 5. The Labute approximate surface area is 219 Å². The average molecular weight is 579 g/mol. The second-order valence-corrected chi connectivity index (χ2v) is 9.84. The Morgan fingerprint density at radius 1 is 1.03 bits per heavy atom. The minimum atomic E-state index is -5.23. The van der Waals surface area contributed by atoms with E-state index in [0.29, 0.717) is 15.2 Å². The van der Waals surface area contributed by atoms with Crippen molar-refractivity contribution in [2.45, 2.75) is 18.5 Å². The molecule has 0 radical (unpaired) electrons. The zero-order valence-corrected chi connectivity index (χ0v) is 21.3. The molecule has 0 bridgehead atoms. The van der Waals surface area contributed by atoms with Gasteiger partial charge in [0.1, 0.15) is 6.54 Å². The van der Waals surface area contributed by atoms with Crippen molar-refractivity contribution in [3.63, 3.8) is 0 Å². The van der Waals surface area contributed by atoms with Gasteiger partial charge in [-0.05, 0) is 54.4 Å². The first-order chi connectivity index (χ1) is 17.0. The Morgan fingerprint density at radius 3 is 2.22 bits per heavy atom. The maximum Gasteiger partial charge on any atom is 0.472 e. The quantitative estimate of drug-likeness (QED) is 0.362. The van der Waals surface area contributed by atoms with E-state index in [9.17, 15) is 22.8 Å². The first-order valence-electron chi connectivity index (χ1n) is 10.8. The van der Waals surface area contributed by atoms with Crippen LogP contribution in [0.3, 0.4) is 0 Å². The minimum absolute atomic E-state index is 0.155. The van der Waals surface area contributed by atoms with Crippen LogP contribution >= 0.6 is 27.5 Å². The van der Waals surface area contributed by atoms with Crippen molar-refractivity contribution in [3.8, 4) is 0 Å². The number of hydrazone groups is 1. The molecule has 1 heterocycles. The second-order valence-electron chi connectivity index (χ2n) is 8.48. The fraction of sp³-hybridized carbons (Fsp3) is 0.192. The van der Waals surface area contributed by atoms with E-state index in [1.54, 1.807) is 24.3 Å². The van der Waals surface area contributed by atoms with Crippen molar-refractivity contribution in [2.24, 2.45) is 5.10 Å². The van der Waals surface area contributed by atoms with Crippen molar-refractivity contribution in [3.05, 3.63) is 99.5 Å². The van der Waals surface area contributed by atoms with Gasteiger partial charge in [-0.1, -0.05) is 70.0 Å². The highest BCUT2D eigenvalue weighted by Gasteiger charge is 2.47. The van der Waals surface area contributed by atoms with E-state index in [4.69, 9.17) is 11.6 Å². The van der Waals surface area contributed by atoms with Gasteiger partial charge >= 0.3 is 12.1 Å². The van der Waals surface area contributed by atoms with Crippen LogP contribution in [0.5, 0.6) is 0 Å².